The Morgan fingerprint density at radius 2 is 1.83 bits per heavy atom. The number of carbonyl (C=O) groups excluding carboxylic acids is 1. The largest absolute Gasteiger partial charge is 0.340 e. The standard InChI is InChI=1S/C19H26N4O/c1-2-18-20-8-9-22(18)13-10-21-11-14-23(15-12-21)19(24)16-17-6-4-3-5-7-17/h3-9H,2,10-16H2,1H3. The second kappa shape index (κ2) is 8.11. The van der Waals surface area contributed by atoms with Gasteiger partial charge in [-0.3, -0.25) is 9.69 Å². The molecule has 128 valence electrons. The quantitative estimate of drug-likeness (QED) is 0.813. The molecule has 1 aliphatic heterocycles. The predicted molar refractivity (Wildman–Crippen MR) is 94.8 cm³/mol. The van der Waals surface area contributed by atoms with Crippen molar-refractivity contribution in [2.24, 2.45) is 0 Å². The van der Waals surface area contributed by atoms with Gasteiger partial charge in [0.25, 0.3) is 0 Å². The normalized spacial score (nSPS) is 15.6. The zero-order chi connectivity index (χ0) is 16.8. The Labute approximate surface area is 143 Å². The Kier molecular flexibility index (Phi) is 5.64. The number of rotatable bonds is 6. The molecular formula is C19H26N4O. The summed E-state index contributed by atoms with van der Waals surface area (Å²) < 4.78 is 2.23. The highest BCUT2D eigenvalue weighted by molar-refractivity contribution is 5.78. The van der Waals surface area contributed by atoms with Crippen molar-refractivity contribution in [3.05, 3.63) is 54.1 Å². The zero-order valence-electron chi connectivity index (χ0n) is 14.4. The van der Waals surface area contributed by atoms with E-state index in [4.69, 9.17) is 0 Å². The smallest absolute Gasteiger partial charge is 0.227 e. The van der Waals surface area contributed by atoms with Gasteiger partial charge in [0.05, 0.1) is 6.42 Å². The zero-order valence-corrected chi connectivity index (χ0v) is 14.4. The highest BCUT2D eigenvalue weighted by Gasteiger charge is 2.21. The van der Waals surface area contributed by atoms with Gasteiger partial charge in [0, 0.05) is 58.1 Å². The number of nitrogens with zero attached hydrogens (tertiary/aromatic N) is 4. The van der Waals surface area contributed by atoms with Gasteiger partial charge in [-0.25, -0.2) is 4.98 Å². The molecule has 5 heteroatoms. The van der Waals surface area contributed by atoms with E-state index in [-0.39, 0.29) is 5.91 Å². The van der Waals surface area contributed by atoms with Gasteiger partial charge in [-0.1, -0.05) is 37.3 Å². The van der Waals surface area contributed by atoms with Crippen LogP contribution in [0.5, 0.6) is 0 Å². The molecule has 0 atom stereocenters. The molecule has 1 aromatic heterocycles. The van der Waals surface area contributed by atoms with Crippen molar-refractivity contribution >= 4 is 5.91 Å². The van der Waals surface area contributed by atoms with Crippen LogP contribution < -0.4 is 0 Å². The molecule has 24 heavy (non-hydrogen) atoms. The van der Waals surface area contributed by atoms with Crippen LogP contribution in [0.25, 0.3) is 0 Å². The summed E-state index contributed by atoms with van der Waals surface area (Å²) in [5, 5.41) is 0. The van der Waals surface area contributed by atoms with Crippen LogP contribution in [0.1, 0.15) is 18.3 Å². The molecule has 3 rings (SSSR count). The minimum Gasteiger partial charge on any atom is -0.340 e. The molecule has 0 aliphatic carbocycles. The Hall–Kier alpha value is -2.14. The van der Waals surface area contributed by atoms with E-state index in [0.29, 0.717) is 6.42 Å². The highest BCUT2D eigenvalue weighted by Crippen LogP contribution is 2.08. The van der Waals surface area contributed by atoms with Crippen LogP contribution in [0.3, 0.4) is 0 Å². The number of amides is 1. The Balaban J connectivity index is 1.43. The van der Waals surface area contributed by atoms with E-state index in [9.17, 15) is 4.79 Å². The van der Waals surface area contributed by atoms with Gasteiger partial charge in [-0.2, -0.15) is 0 Å². The number of carbonyl (C=O) groups is 1. The Morgan fingerprint density at radius 3 is 2.54 bits per heavy atom. The number of hydrogen-bond acceptors (Lipinski definition) is 3. The average Bonchev–Trinajstić information content (AvgIpc) is 3.09. The molecule has 0 saturated carbocycles. The SMILES string of the molecule is CCc1nccn1CCN1CCN(C(=O)Cc2ccccc2)CC1. The van der Waals surface area contributed by atoms with Crippen LogP contribution in [-0.2, 0) is 24.2 Å². The van der Waals surface area contributed by atoms with Crippen LogP contribution in [-0.4, -0.2) is 58.0 Å². The maximum absolute atomic E-state index is 12.4. The van der Waals surface area contributed by atoms with Crippen LogP contribution in [0.15, 0.2) is 42.7 Å². The van der Waals surface area contributed by atoms with E-state index in [0.717, 1.165) is 57.1 Å². The maximum Gasteiger partial charge on any atom is 0.227 e. The van der Waals surface area contributed by atoms with Gasteiger partial charge < -0.3 is 9.47 Å². The van der Waals surface area contributed by atoms with Crippen molar-refractivity contribution in [3.63, 3.8) is 0 Å². The van der Waals surface area contributed by atoms with Crippen LogP contribution in [0.2, 0.25) is 0 Å². The van der Waals surface area contributed by atoms with Crippen LogP contribution in [0.4, 0.5) is 0 Å². The highest BCUT2D eigenvalue weighted by atomic mass is 16.2. The molecule has 0 unspecified atom stereocenters. The lowest BCUT2D eigenvalue weighted by atomic mass is 10.1. The van der Waals surface area contributed by atoms with E-state index in [1.54, 1.807) is 0 Å². The Bertz CT molecular complexity index is 644. The third-order valence-electron chi connectivity index (χ3n) is 4.70. The first-order chi connectivity index (χ1) is 11.8. The minimum atomic E-state index is 0.240. The van der Waals surface area contributed by atoms with E-state index >= 15 is 0 Å². The summed E-state index contributed by atoms with van der Waals surface area (Å²) in [6.07, 6.45) is 5.40. The number of aromatic nitrogens is 2. The molecule has 0 radical (unpaired) electrons. The number of benzene rings is 1. The molecule has 1 fully saturated rings. The van der Waals surface area contributed by atoms with Crippen molar-refractivity contribution in [1.82, 2.24) is 19.4 Å². The van der Waals surface area contributed by atoms with Gasteiger partial charge in [-0.15, -0.1) is 0 Å². The molecule has 1 aromatic carbocycles. The van der Waals surface area contributed by atoms with Crippen molar-refractivity contribution in [2.45, 2.75) is 26.3 Å². The molecule has 2 heterocycles. The first kappa shape index (κ1) is 16.7. The van der Waals surface area contributed by atoms with E-state index in [2.05, 4.69) is 27.6 Å². The fourth-order valence-corrected chi connectivity index (χ4v) is 3.21. The molecule has 2 aromatic rings. The van der Waals surface area contributed by atoms with Gasteiger partial charge in [0.15, 0.2) is 0 Å². The number of hydrogen-bond donors (Lipinski definition) is 0. The molecule has 1 saturated heterocycles. The molecular weight excluding hydrogens is 300 g/mol. The van der Waals surface area contributed by atoms with E-state index < -0.39 is 0 Å². The lowest BCUT2D eigenvalue weighted by Crippen LogP contribution is -2.49. The summed E-state index contributed by atoms with van der Waals surface area (Å²) in [5.74, 6) is 1.38. The third-order valence-corrected chi connectivity index (χ3v) is 4.70. The first-order valence-electron chi connectivity index (χ1n) is 8.80. The fourth-order valence-electron chi connectivity index (χ4n) is 3.21. The first-order valence-corrected chi connectivity index (χ1v) is 8.80. The molecule has 0 spiro atoms. The summed E-state index contributed by atoms with van der Waals surface area (Å²) in [5.41, 5.74) is 1.09. The van der Waals surface area contributed by atoms with Crippen LogP contribution in [0, 0.1) is 0 Å². The van der Waals surface area contributed by atoms with Crippen molar-refractivity contribution in [2.75, 3.05) is 32.7 Å². The summed E-state index contributed by atoms with van der Waals surface area (Å²) in [6.45, 7) is 7.70. The third kappa shape index (κ3) is 4.23. The van der Waals surface area contributed by atoms with Gasteiger partial charge >= 0.3 is 0 Å². The lowest BCUT2D eigenvalue weighted by molar-refractivity contribution is -0.132. The lowest BCUT2D eigenvalue weighted by Gasteiger charge is -2.35. The summed E-state index contributed by atoms with van der Waals surface area (Å²) in [4.78, 5) is 21.2. The fraction of sp³-hybridized carbons (Fsp3) is 0.474. The topological polar surface area (TPSA) is 41.4 Å². The Morgan fingerprint density at radius 1 is 1.08 bits per heavy atom. The molecule has 0 N–H and O–H groups in total. The van der Waals surface area contributed by atoms with Crippen molar-refractivity contribution in [1.29, 1.82) is 0 Å². The number of piperazine rings is 1. The van der Waals surface area contributed by atoms with Crippen molar-refractivity contribution < 1.29 is 4.79 Å². The average molecular weight is 326 g/mol. The van der Waals surface area contributed by atoms with Gasteiger partial charge in [0.1, 0.15) is 5.82 Å². The van der Waals surface area contributed by atoms with E-state index in [1.165, 1.54) is 0 Å². The molecule has 1 aliphatic rings. The molecule has 5 nitrogen and oxygen atoms in total. The monoisotopic (exact) mass is 326 g/mol. The maximum atomic E-state index is 12.4. The van der Waals surface area contributed by atoms with Crippen LogP contribution >= 0.6 is 0 Å². The summed E-state index contributed by atoms with van der Waals surface area (Å²) in [6, 6.07) is 9.99. The van der Waals surface area contributed by atoms with E-state index in [1.807, 2.05) is 41.4 Å². The predicted octanol–water partition coefficient (Wildman–Crippen LogP) is 1.83. The van der Waals surface area contributed by atoms with Gasteiger partial charge in [0.2, 0.25) is 5.91 Å². The van der Waals surface area contributed by atoms with Crippen molar-refractivity contribution in [3.8, 4) is 0 Å². The van der Waals surface area contributed by atoms with Gasteiger partial charge in [-0.05, 0) is 5.56 Å². The molecule has 0 bridgehead atoms. The number of aryl methyl sites for hydroxylation is 1. The minimum absolute atomic E-state index is 0.240. The summed E-state index contributed by atoms with van der Waals surface area (Å²) in [7, 11) is 0. The summed E-state index contributed by atoms with van der Waals surface area (Å²) >= 11 is 0. The number of imidazole rings is 1. The molecule has 1 amide bonds. The second-order valence-electron chi connectivity index (χ2n) is 6.28. The second-order valence-corrected chi connectivity index (χ2v) is 6.28.